The van der Waals surface area contributed by atoms with Crippen molar-refractivity contribution in [3.8, 4) is 0 Å². The molecule has 3 heterocycles. The maximum Gasteiger partial charge on any atom is 0.433 e. The van der Waals surface area contributed by atoms with Crippen molar-refractivity contribution in [1.29, 1.82) is 0 Å². The second-order valence-electron chi connectivity index (χ2n) is 6.19. The van der Waals surface area contributed by atoms with Crippen LogP contribution >= 0.6 is 0 Å². The predicted molar refractivity (Wildman–Crippen MR) is 96.2 cm³/mol. The fourth-order valence-corrected chi connectivity index (χ4v) is 3.28. The Morgan fingerprint density at radius 1 is 1.07 bits per heavy atom. The van der Waals surface area contributed by atoms with Crippen LogP contribution < -0.4 is 5.32 Å². The molecule has 0 aliphatic rings. The van der Waals surface area contributed by atoms with Crippen LogP contribution in [0.25, 0.3) is 11.0 Å². The standard InChI is InChI=1S/C17H16F3N5O2S/c1-10(2)28(26,27)16-24-14-12(6-4-8-22-14)15(25-16)23-9-11-5-3-7-21-13(11)17(18,19)20/h3-8,10H,9H2,1-2H3,(H,22,23,24,25). The van der Waals surface area contributed by atoms with E-state index in [9.17, 15) is 21.6 Å². The number of nitrogens with one attached hydrogen (secondary N) is 1. The number of pyridine rings is 2. The maximum atomic E-state index is 13.1. The quantitative estimate of drug-likeness (QED) is 0.644. The first-order valence-corrected chi connectivity index (χ1v) is 9.77. The predicted octanol–water partition coefficient (Wildman–Crippen LogP) is 3.23. The van der Waals surface area contributed by atoms with Crippen molar-refractivity contribution in [3.05, 3.63) is 47.9 Å². The third-order valence-electron chi connectivity index (χ3n) is 3.93. The van der Waals surface area contributed by atoms with Gasteiger partial charge in [0.1, 0.15) is 11.5 Å². The Bertz CT molecular complexity index is 1120. The molecule has 0 unspecified atom stereocenters. The van der Waals surface area contributed by atoms with E-state index >= 15 is 0 Å². The minimum atomic E-state index is -4.61. The summed E-state index contributed by atoms with van der Waals surface area (Å²) in [6.07, 6.45) is -2.11. The van der Waals surface area contributed by atoms with Crippen LogP contribution in [0.2, 0.25) is 0 Å². The van der Waals surface area contributed by atoms with E-state index in [1.807, 2.05) is 0 Å². The van der Waals surface area contributed by atoms with Crippen molar-refractivity contribution < 1.29 is 21.6 Å². The van der Waals surface area contributed by atoms with Gasteiger partial charge in [-0.05, 0) is 32.0 Å². The van der Waals surface area contributed by atoms with Gasteiger partial charge in [0.15, 0.2) is 5.65 Å². The van der Waals surface area contributed by atoms with Gasteiger partial charge in [-0.25, -0.2) is 18.4 Å². The van der Waals surface area contributed by atoms with Gasteiger partial charge in [0.25, 0.3) is 5.16 Å². The normalized spacial score (nSPS) is 12.5. The molecule has 0 aliphatic heterocycles. The number of alkyl halides is 3. The first-order valence-electron chi connectivity index (χ1n) is 8.22. The summed E-state index contributed by atoms with van der Waals surface area (Å²) >= 11 is 0. The van der Waals surface area contributed by atoms with E-state index in [2.05, 4.69) is 25.3 Å². The van der Waals surface area contributed by atoms with Crippen molar-refractivity contribution in [2.24, 2.45) is 0 Å². The molecule has 0 fully saturated rings. The number of sulfone groups is 1. The molecule has 0 aliphatic carbocycles. The third kappa shape index (κ3) is 3.88. The highest BCUT2D eigenvalue weighted by Gasteiger charge is 2.35. The molecule has 28 heavy (non-hydrogen) atoms. The zero-order valence-corrected chi connectivity index (χ0v) is 15.7. The molecule has 0 atom stereocenters. The highest BCUT2D eigenvalue weighted by Crippen LogP contribution is 2.31. The molecule has 0 bridgehead atoms. The Morgan fingerprint density at radius 3 is 2.43 bits per heavy atom. The van der Waals surface area contributed by atoms with Crippen molar-refractivity contribution >= 4 is 26.7 Å². The van der Waals surface area contributed by atoms with Crippen molar-refractivity contribution in [1.82, 2.24) is 19.9 Å². The minimum Gasteiger partial charge on any atom is -0.365 e. The largest absolute Gasteiger partial charge is 0.433 e. The Morgan fingerprint density at radius 2 is 1.75 bits per heavy atom. The minimum absolute atomic E-state index is 0.0781. The van der Waals surface area contributed by atoms with Gasteiger partial charge in [0.2, 0.25) is 9.84 Å². The SMILES string of the molecule is CC(C)S(=O)(=O)c1nc(NCc2cccnc2C(F)(F)F)c2cccnc2n1. The summed E-state index contributed by atoms with van der Waals surface area (Å²) in [5.74, 6) is 0.0781. The van der Waals surface area contributed by atoms with Crippen molar-refractivity contribution in [2.45, 2.75) is 37.0 Å². The number of fused-ring (bicyclic) bond motifs is 1. The van der Waals surface area contributed by atoms with E-state index in [0.29, 0.717) is 5.39 Å². The van der Waals surface area contributed by atoms with Gasteiger partial charge < -0.3 is 5.32 Å². The molecular weight excluding hydrogens is 395 g/mol. The fourth-order valence-electron chi connectivity index (χ4n) is 2.43. The van der Waals surface area contributed by atoms with Crippen LogP contribution in [0, 0.1) is 0 Å². The summed E-state index contributed by atoms with van der Waals surface area (Å²) in [6, 6.07) is 5.87. The van der Waals surface area contributed by atoms with Gasteiger partial charge in [0, 0.05) is 24.5 Å². The highest BCUT2D eigenvalue weighted by atomic mass is 32.2. The molecular formula is C17H16F3N5O2S. The van der Waals surface area contributed by atoms with Crippen molar-refractivity contribution in [2.75, 3.05) is 5.32 Å². The third-order valence-corrected chi connectivity index (χ3v) is 5.86. The lowest BCUT2D eigenvalue weighted by Gasteiger charge is -2.14. The van der Waals surface area contributed by atoms with Crippen LogP contribution in [0.5, 0.6) is 0 Å². The first kappa shape index (κ1) is 19.9. The number of hydrogen-bond acceptors (Lipinski definition) is 7. The molecule has 3 aromatic rings. The van der Waals surface area contributed by atoms with E-state index < -0.39 is 32.1 Å². The zero-order valence-electron chi connectivity index (χ0n) is 14.9. The summed E-state index contributed by atoms with van der Waals surface area (Å²) in [7, 11) is -3.80. The monoisotopic (exact) mass is 411 g/mol. The molecule has 7 nitrogen and oxygen atoms in total. The van der Waals surface area contributed by atoms with Crippen LogP contribution in [-0.4, -0.2) is 33.6 Å². The van der Waals surface area contributed by atoms with E-state index in [4.69, 9.17) is 0 Å². The Hall–Kier alpha value is -2.82. The average Bonchev–Trinajstić information content (AvgIpc) is 2.65. The molecule has 11 heteroatoms. The van der Waals surface area contributed by atoms with Gasteiger partial charge in [-0.15, -0.1) is 0 Å². The number of halogens is 3. The summed E-state index contributed by atoms with van der Waals surface area (Å²) < 4.78 is 64.3. The number of rotatable bonds is 5. The zero-order chi connectivity index (χ0) is 20.5. The molecule has 0 saturated carbocycles. The second-order valence-corrected chi connectivity index (χ2v) is 8.58. The van der Waals surface area contributed by atoms with Gasteiger partial charge in [-0.2, -0.15) is 18.2 Å². The van der Waals surface area contributed by atoms with Gasteiger partial charge in [-0.3, -0.25) is 4.98 Å². The van der Waals surface area contributed by atoms with E-state index in [0.717, 1.165) is 6.20 Å². The van der Waals surface area contributed by atoms with Crippen LogP contribution in [0.4, 0.5) is 19.0 Å². The average molecular weight is 411 g/mol. The molecule has 3 rings (SSSR count). The van der Waals surface area contributed by atoms with Crippen LogP contribution in [0.1, 0.15) is 25.1 Å². The van der Waals surface area contributed by atoms with Crippen LogP contribution in [0.15, 0.2) is 41.8 Å². The highest BCUT2D eigenvalue weighted by molar-refractivity contribution is 7.91. The second kappa shape index (κ2) is 7.30. The van der Waals surface area contributed by atoms with Crippen LogP contribution in [0.3, 0.4) is 0 Å². The topological polar surface area (TPSA) is 97.7 Å². The van der Waals surface area contributed by atoms with Crippen LogP contribution in [-0.2, 0) is 22.6 Å². The van der Waals surface area contributed by atoms with E-state index in [-0.39, 0.29) is 23.6 Å². The Labute approximate surface area is 159 Å². The smallest absolute Gasteiger partial charge is 0.365 e. The molecule has 148 valence electrons. The summed E-state index contributed by atoms with van der Waals surface area (Å²) in [5.41, 5.74) is -0.991. The lowest BCUT2D eigenvalue weighted by molar-refractivity contribution is -0.141. The van der Waals surface area contributed by atoms with Gasteiger partial charge in [-0.1, -0.05) is 6.07 Å². The molecule has 0 saturated heterocycles. The molecule has 3 aromatic heterocycles. The summed E-state index contributed by atoms with van der Waals surface area (Å²) in [6.45, 7) is 2.71. The first-order chi connectivity index (χ1) is 13.1. The number of nitrogens with zero attached hydrogens (tertiary/aromatic N) is 4. The molecule has 0 radical (unpaired) electrons. The molecule has 0 aromatic carbocycles. The summed E-state index contributed by atoms with van der Waals surface area (Å²) in [5, 5.41) is 1.96. The Balaban J connectivity index is 2.05. The van der Waals surface area contributed by atoms with Crippen molar-refractivity contribution in [3.63, 3.8) is 0 Å². The lowest BCUT2D eigenvalue weighted by atomic mass is 10.2. The maximum absolute atomic E-state index is 13.1. The molecule has 1 N–H and O–H groups in total. The molecule has 0 spiro atoms. The number of anilines is 1. The van der Waals surface area contributed by atoms with E-state index in [1.165, 1.54) is 32.2 Å². The number of hydrogen-bond donors (Lipinski definition) is 1. The summed E-state index contributed by atoms with van der Waals surface area (Å²) in [4.78, 5) is 15.5. The van der Waals surface area contributed by atoms with Gasteiger partial charge >= 0.3 is 6.18 Å². The van der Waals surface area contributed by atoms with E-state index in [1.54, 1.807) is 12.1 Å². The fraction of sp³-hybridized carbons (Fsp3) is 0.294. The lowest BCUT2D eigenvalue weighted by Crippen LogP contribution is -2.19. The molecule has 0 amide bonds. The number of aromatic nitrogens is 4. The van der Waals surface area contributed by atoms with Gasteiger partial charge in [0.05, 0.1) is 10.6 Å². The Kier molecular flexibility index (Phi) is 5.20.